The smallest absolute Gasteiger partial charge is 0.295 e. The Morgan fingerprint density at radius 3 is 2.68 bits per heavy atom. The molecule has 1 aromatic carbocycles. The Balaban J connectivity index is 1.74. The minimum atomic E-state index is -0.316. The van der Waals surface area contributed by atoms with E-state index in [9.17, 15) is 9.18 Å². The summed E-state index contributed by atoms with van der Waals surface area (Å²) in [5.41, 5.74) is 3.09. The second-order valence-corrected chi connectivity index (χ2v) is 6.88. The summed E-state index contributed by atoms with van der Waals surface area (Å²) in [5, 5.41) is 3.11. The minimum absolute atomic E-state index is 0.240. The van der Waals surface area contributed by atoms with Crippen molar-refractivity contribution in [2.24, 2.45) is 0 Å². The van der Waals surface area contributed by atoms with Crippen molar-refractivity contribution >= 4 is 17.0 Å². The highest BCUT2D eigenvalue weighted by Gasteiger charge is 2.14. The maximum absolute atomic E-state index is 13.3. The van der Waals surface area contributed by atoms with E-state index in [1.807, 2.05) is 31.2 Å². The van der Waals surface area contributed by atoms with Crippen LogP contribution in [0.4, 0.5) is 10.2 Å². The standard InChI is InChI=1S/C23H22FN5O2/c1-2-31-13-12-29-22-20(10-9-19(28-22)17-5-7-18(24)8-6-17)27-21(23(29)30)26-15-16-4-3-11-25-14-16/h3-11,14H,2,12-13,15H2,1H3,(H,26,27). The lowest BCUT2D eigenvalue weighted by Gasteiger charge is -2.13. The second-order valence-electron chi connectivity index (χ2n) is 6.88. The molecule has 8 heteroatoms. The first-order chi connectivity index (χ1) is 15.2. The third-order valence-corrected chi connectivity index (χ3v) is 4.78. The monoisotopic (exact) mass is 419 g/mol. The molecule has 0 spiro atoms. The molecule has 0 aliphatic heterocycles. The van der Waals surface area contributed by atoms with E-state index in [0.29, 0.717) is 43.2 Å². The number of nitrogens with zero attached hydrogens (tertiary/aromatic N) is 4. The molecule has 31 heavy (non-hydrogen) atoms. The zero-order valence-electron chi connectivity index (χ0n) is 17.1. The van der Waals surface area contributed by atoms with Gasteiger partial charge in [0.15, 0.2) is 11.5 Å². The van der Waals surface area contributed by atoms with Crippen LogP contribution in [-0.2, 0) is 17.8 Å². The fraction of sp³-hybridized carbons (Fsp3) is 0.217. The molecule has 4 rings (SSSR count). The summed E-state index contributed by atoms with van der Waals surface area (Å²) in [4.78, 5) is 26.4. The van der Waals surface area contributed by atoms with Crippen LogP contribution < -0.4 is 10.9 Å². The van der Waals surface area contributed by atoms with Gasteiger partial charge in [0, 0.05) is 31.1 Å². The lowest BCUT2D eigenvalue weighted by Crippen LogP contribution is -2.27. The third kappa shape index (κ3) is 4.75. The maximum atomic E-state index is 13.3. The van der Waals surface area contributed by atoms with E-state index >= 15 is 0 Å². The van der Waals surface area contributed by atoms with Crippen molar-refractivity contribution in [3.05, 3.63) is 82.7 Å². The lowest BCUT2D eigenvalue weighted by atomic mass is 10.1. The topological polar surface area (TPSA) is 81.9 Å². The Morgan fingerprint density at radius 2 is 1.94 bits per heavy atom. The van der Waals surface area contributed by atoms with Crippen LogP contribution >= 0.6 is 0 Å². The summed E-state index contributed by atoms with van der Waals surface area (Å²) in [6.07, 6.45) is 3.43. The molecule has 0 amide bonds. The van der Waals surface area contributed by atoms with Crippen molar-refractivity contribution in [1.29, 1.82) is 0 Å². The highest BCUT2D eigenvalue weighted by molar-refractivity contribution is 5.76. The van der Waals surface area contributed by atoms with Crippen molar-refractivity contribution in [3.63, 3.8) is 0 Å². The first-order valence-corrected chi connectivity index (χ1v) is 10.0. The molecule has 0 bridgehead atoms. The molecule has 0 fully saturated rings. The summed E-state index contributed by atoms with van der Waals surface area (Å²) in [6.45, 7) is 3.60. The molecule has 0 radical (unpaired) electrons. The van der Waals surface area contributed by atoms with Gasteiger partial charge < -0.3 is 10.1 Å². The largest absolute Gasteiger partial charge is 0.380 e. The Labute approximate surface area is 178 Å². The summed E-state index contributed by atoms with van der Waals surface area (Å²) in [7, 11) is 0. The molecule has 0 unspecified atom stereocenters. The molecule has 0 atom stereocenters. The summed E-state index contributed by atoms with van der Waals surface area (Å²) in [6, 6.07) is 13.5. The number of hydrogen-bond donors (Lipinski definition) is 1. The first kappa shape index (κ1) is 20.6. The van der Waals surface area contributed by atoms with Crippen molar-refractivity contribution in [3.8, 4) is 11.3 Å². The van der Waals surface area contributed by atoms with Gasteiger partial charge in [-0.3, -0.25) is 14.3 Å². The van der Waals surface area contributed by atoms with E-state index in [-0.39, 0.29) is 17.2 Å². The van der Waals surface area contributed by atoms with E-state index in [2.05, 4.69) is 20.3 Å². The average Bonchev–Trinajstić information content (AvgIpc) is 2.80. The molecule has 0 aliphatic carbocycles. The van der Waals surface area contributed by atoms with Crippen molar-refractivity contribution in [2.75, 3.05) is 18.5 Å². The zero-order valence-corrected chi connectivity index (χ0v) is 17.1. The number of halogens is 1. The molecule has 158 valence electrons. The Morgan fingerprint density at radius 1 is 1.10 bits per heavy atom. The highest BCUT2D eigenvalue weighted by Crippen LogP contribution is 2.21. The predicted molar refractivity (Wildman–Crippen MR) is 117 cm³/mol. The molecular weight excluding hydrogens is 397 g/mol. The van der Waals surface area contributed by atoms with E-state index in [1.54, 1.807) is 29.1 Å². The first-order valence-electron chi connectivity index (χ1n) is 10.0. The molecule has 3 heterocycles. The Hall–Kier alpha value is -3.65. The van der Waals surface area contributed by atoms with Gasteiger partial charge in [-0.25, -0.2) is 14.4 Å². The SMILES string of the molecule is CCOCCn1c(=O)c(NCc2cccnc2)nc2ccc(-c3ccc(F)cc3)nc21. The number of pyridine rings is 2. The number of ether oxygens (including phenoxy) is 1. The van der Waals surface area contributed by atoms with Crippen LogP contribution in [0.1, 0.15) is 12.5 Å². The van der Waals surface area contributed by atoms with E-state index in [0.717, 1.165) is 11.1 Å². The fourth-order valence-electron chi connectivity index (χ4n) is 3.21. The van der Waals surface area contributed by atoms with Gasteiger partial charge in [-0.1, -0.05) is 6.07 Å². The van der Waals surface area contributed by atoms with Gasteiger partial charge in [0.05, 0.1) is 18.8 Å². The van der Waals surface area contributed by atoms with Gasteiger partial charge in [-0.05, 0) is 55.0 Å². The lowest BCUT2D eigenvalue weighted by molar-refractivity contribution is 0.139. The van der Waals surface area contributed by atoms with Crippen LogP contribution in [-0.4, -0.2) is 32.7 Å². The van der Waals surface area contributed by atoms with Gasteiger partial charge in [0.1, 0.15) is 11.3 Å². The fourth-order valence-corrected chi connectivity index (χ4v) is 3.21. The van der Waals surface area contributed by atoms with Crippen molar-refractivity contribution < 1.29 is 9.13 Å². The second kappa shape index (κ2) is 9.44. The number of nitrogens with one attached hydrogen (secondary N) is 1. The molecule has 3 aromatic heterocycles. The van der Waals surface area contributed by atoms with E-state index in [4.69, 9.17) is 4.74 Å². The molecule has 0 saturated heterocycles. The Kier molecular flexibility index (Phi) is 6.28. The van der Waals surface area contributed by atoms with Crippen LogP contribution in [0.25, 0.3) is 22.4 Å². The number of fused-ring (bicyclic) bond motifs is 1. The van der Waals surface area contributed by atoms with Crippen LogP contribution in [0, 0.1) is 5.82 Å². The Bertz CT molecular complexity index is 1230. The van der Waals surface area contributed by atoms with Gasteiger partial charge in [-0.2, -0.15) is 0 Å². The van der Waals surface area contributed by atoms with E-state index < -0.39 is 0 Å². The number of hydrogen-bond acceptors (Lipinski definition) is 6. The highest BCUT2D eigenvalue weighted by atomic mass is 19.1. The summed E-state index contributed by atoms with van der Waals surface area (Å²) >= 11 is 0. The number of aromatic nitrogens is 4. The minimum Gasteiger partial charge on any atom is -0.380 e. The van der Waals surface area contributed by atoms with Gasteiger partial charge >= 0.3 is 0 Å². The number of benzene rings is 1. The molecule has 1 N–H and O–H groups in total. The van der Waals surface area contributed by atoms with Gasteiger partial charge in [0.25, 0.3) is 5.56 Å². The quantitative estimate of drug-likeness (QED) is 0.439. The van der Waals surface area contributed by atoms with Crippen LogP contribution in [0.2, 0.25) is 0 Å². The van der Waals surface area contributed by atoms with Crippen LogP contribution in [0.15, 0.2) is 65.7 Å². The van der Waals surface area contributed by atoms with Crippen molar-refractivity contribution in [1.82, 2.24) is 19.5 Å². The number of rotatable bonds is 8. The average molecular weight is 419 g/mol. The summed E-state index contributed by atoms with van der Waals surface area (Å²) in [5.74, 6) is -0.0756. The van der Waals surface area contributed by atoms with Crippen molar-refractivity contribution in [2.45, 2.75) is 20.0 Å². The van der Waals surface area contributed by atoms with Gasteiger partial charge in [0.2, 0.25) is 0 Å². The predicted octanol–water partition coefficient (Wildman–Crippen LogP) is 3.64. The van der Waals surface area contributed by atoms with Gasteiger partial charge in [-0.15, -0.1) is 0 Å². The summed E-state index contributed by atoms with van der Waals surface area (Å²) < 4.78 is 20.3. The molecule has 0 saturated carbocycles. The molecule has 7 nitrogen and oxygen atoms in total. The van der Waals surface area contributed by atoms with Crippen LogP contribution in [0.5, 0.6) is 0 Å². The van der Waals surface area contributed by atoms with E-state index in [1.165, 1.54) is 12.1 Å². The normalized spacial score (nSPS) is 11.0. The van der Waals surface area contributed by atoms with Crippen LogP contribution in [0.3, 0.4) is 0 Å². The third-order valence-electron chi connectivity index (χ3n) is 4.78. The molecule has 0 aliphatic rings. The zero-order chi connectivity index (χ0) is 21.6. The molecule has 4 aromatic rings. The molecular formula is C23H22FN5O2. The maximum Gasteiger partial charge on any atom is 0.295 e. The number of anilines is 1.